The van der Waals surface area contributed by atoms with E-state index in [1.165, 1.54) is 0 Å². The summed E-state index contributed by atoms with van der Waals surface area (Å²) < 4.78 is 16.0. The fraction of sp³-hybridized carbons (Fsp3) is 0.381. The molecule has 0 saturated heterocycles. The zero-order valence-corrected chi connectivity index (χ0v) is 17.4. The van der Waals surface area contributed by atoms with Crippen LogP contribution in [0.15, 0.2) is 42.5 Å². The van der Waals surface area contributed by atoms with Crippen LogP contribution >= 0.6 is 11.6 Å². The lowest BCUT2D eigenvalue weighted by Gasteiger charge is -2.20. The van der Waals surface area contributed by atoms with Crippen molar-refractivity contribution >= 4 is 23.2 Å². The second-order valence-corrected chi connectivity index (χ2v) is 6.79. The van der Waals surface area contributed by atoms with Crippen LogP contribution in [-0.2, 0) is 9.53 Å². The molecule has 28 heavy (non-hydrogen) atoms. The summed E-state index contributed by atoms with van der Waals surface area (Å²) in [7, 11) is 3.20. The quantitative estimate of drug-likeness (QED) is 0.582. The molecule has 0 heterocycles. The number of carbonyl (C=O) groups excluding carboxylic acids is 1. The Morgan fingerprint density at radius 1 is 1.04 bits per heavy atom. The maximum Gasteiger partial charge on any atom is 0.242 e. The smallest absolute Gasteiger partial charge is 0.242 e. The maximum absolute atomic E-state index is 12.5. The van der Waals surface area contributed by atoms with Gasteiger partial charge in [0.25, 0.3) is 0 Å². The van der Waals surface area contributed by atoms with Crippen LogP contribution in [-0.4, -0.2) is 39.4 Å². The average Bonchev–Trinajstić information content (AvgIpc) is 2.68. The van der Waals surface area contributed by atoms with Crippen molar-refractivity contribution in [2.45, 2.75) is 25.9 Å². The van der Waals surface area contributed by atoms with E-state index >= 15 is 0 Å². The van der Waals surface area contributed by atoms with Crippen LogP contribution < -0.4 is 20.1 Å². The first-order valence-electron chi connectivity index (χ1n) is 9.06. The van der Waals surface area contributed by atoms with Crippen LogP contribution in [0.2, 0.25) is 5.02 Å². The highest BCUT2D eigenvalue weighted by Crippen LogP contribution is 2.30. The van der Waals surface area contributed by atoms with Gasteiger partial charge in [-0.15, -0.1) is 0 Å². The van der Waals surface area contributed by atoms with Crippen LogP contribution in [0.25, 0.3) is 0 Å². The van der Waals surface area contributed by atoms with Crippen molar-refractivity contribution in [2.24, 2.45) is 0 Å². The molecule has 2 aromatic rings. The first-order chi connectivity index (χ1) is 13.4. The third kappa shape index (κ3) is 6.32. The summed E-state index contributed by atoms with van der Waals surface area (Å²) in [6.45, 7) is 4.62. The highest BCUT2D eigenvalue weighted by atomic mass is 35.5. The number of methoxy groups -OCH3 is 2. The first kappa shape index (κ1) is 21.9. The van der Waals surface area contributed by atoms with Crippen molar-refractivity contribution in [3.05, 3.63) is 53.1 Å². The minimum atomic E-state index is -0.435. The number of nitrogens with one attached hydrogen (secondary N) is 2. The van der Waals surface area contributed by atoms with E-state index in [1.54, 1.807) is 33.3 Å². The number of carbonyl (C=O) groups is 1. The Morgan fingerprint density at radius 2 is 1.75 bits per heavy atom. The number of ether oxygens (including phenoxy) is 3. The number of anilines is 1. The zero-order chi connectivity index (χ0) is 20.5. The van der Waals surface area contributed by atoms with Gasteiger partial charge in [0.1, 0.15) is 12.6 Å². The van der Waals surface area contributed by atoms with Gasteiger partial charge in [-0.3, -0.25) is 4.79 Å². The topological polar surface area (TPSA) is 68.8 Å². The second-order valence-electron chi connectivity index (χ2n) is 6.35. The molecular weight excluding hydrogens is 380 g/mol. The predicted molar refractivity (Wildman–Crippen MR) is 111 cm³/mol. The molecule has 2 aromatic carbocycles. The summed E-state index contributed by atoms with van der Waals surface area (Å²) in [5, 5.41) is 6.85. The molecule has 2 unspecified atom stereocenters. The van der Waals surface area contributed by atoms with Gasteiger partial charge in [-0.25, -0.2) is 0 Å². The molecule has 0 fully saturated rings. The number of amides is 1. The molecule has 1 amide bonds. The predicted octanol–water partition coefficient (Wildman–Crippen LogP) is 4.05. The van der Waals surface area contributed by atoms with Crippen molar-refractivity contribution in [1.82, 2.24) is 5.32 Å². The van der Waals surface area contributed by atoms with Gasteiger partial charge < -0.3 is 24.8 Å². The van der Waals surface area contributed by atoms with Crippen LogP contribution in [0, 0.1) is 0 Å². The largest absolute Gasteiger partial charge is 0.493 e. The molecule has 0 aromatic heterocycles. The summed E-state index contributed by atoms with van der Waals surface area (Å²) >= 11 is 5.91. The van der Waals surface area contributed by atoms with Crippen molar-refractivity contribution in [1.29, 1.82) is 0 Å². The van der Waals surface area contributed by atoms with Gasteiger partial charge in [-0.1, -0.05) is 23.7 Å². The van der Waals surface area contributed by atoms with Gasteiger partial charge in [-0.2, -0.15) is 0 Å². The fourth-order valence-electron chi connectivity index (χ4n) is 2.60. The Bertz CT molecular complexity index is 768. The van der Waals surface area contributed by atoms with E-state index in [2.05, 4.69) is 10.6 Å². The molecular formula is C21H27ClN2O4. The monoisotopic (exact) mass is 406 g/mol. The van der Waals surface area contributed by atoms with Gasteiger partial charge in [0.05, 0.1) is 19.8 Å². The number of benzene rings is 2. The van der Waals surface area contributed by atoms with Crippen LogP contribution in [0.4, 0.5) is 5.69 Å². The van der Waals surface area contributed by atoms with E-state index in [9.17, 15) is 4.79 Å². The maximum atomic E-state index is 12.5. The fourth-order valence-corrected chi connectivity index (χ4v) is 2.73. The molecule has 7 heteroatoms. The van der Waals surface area contributed by atoms with Crippen LogP contribution in [0.3, 0.4) is 0 Å². The first-order valence-corrected chi connectivity index (χ1v) is 9.44. The Labute approximate surface area is 171 Å². The minimum Gasteiger partial charge on any atom is -0.493 e. The summed E-state index contributed by atoms with van der Waals surface area (Å²) in [5.41, 5.74) is 1.75. The number of hydrogen-bond acceptors (Lipinski definition) is 5. The standard InChI is InChI=1S/C21H27ClN2O4/c1-14(16-5-7-17(22)8-6-16)24-21(25)15(2)23-18-9-10-19(27-4)20(13-18)28-12-11-26-3/h5-10,13-15,23H,11-12H2,1-4H3,(H,24,25). The van der Waals surface area contributed by atoms with Crippen molar-refractivity contribution < 1.29 is 19.0 Å². The lowest BCUT2D eigenvalue weighted by molar-refractivity contribution is -0.122. The summed E-state index contributed by atoms with van der Waals surface area (Å²) in [4.78, 5) is 12.5. The lowest BCUT2D eigenvalue weighted by atomic mass is 10.1. The molecule has 0 aliphatic heterocycles. The molecule has 0 aliphatic carbocycles. The summed E-state index contributed by atoms with van der Waals surface area (Å²) in [6.07, 6.45) is 0. The van der Waals surface area contributed by atoms with Gasteiger partial charge in [-0.05, 0) is 43.7 Å². The SMILES string of the molecule is COCCOc1cc(NC(C)C(=O)NC(C)c2ccc(Cl)cc2)ccc1OC. The lowest BCUT2D eigenvalue weighted by Crippen LogP contribution is -2.38. The molecule has 6 nitrogen and oxygen atoms in total. The van der Waals surface area contributed by atoms with Gasteiger partial charge in [0.2, 0.25) is 5.91 Å². The van der Waals surface area contributed by atoms with E-state index in [-0.39, 0.29) is 11.9 Å². The molecule has 2 N–H and O–H groups in total. The van der Waals surface area contributed by atoms with Gasteiger partial charge >= 0.3 is 0 Å². The normalized spacial score (nSPS) is 12.8. The second kappa shape index (κ2) is 10.8. The summed E-state index contributed by atoms with van der Waals surface area (Å²) in [5.74, 6) is 1.10. The Balaban J connectivity index is 1.98. The average molecular weight is 407 g/mol. The molecule has 0 radical (unpaired) electrons. The van der Waals surface area contributed by atoms with Crippen molar-refractivity contribution in [3.8, 4) is 11.5 Å². The molecule has 0 saturated carbocycles. The van der Waals surface area contributed by atoms with Crippen molar-refractivity contribution in [2.75, 3.05) is 32.8 Å². The van der Waals surface area contributed by atoms with E-state index in [0.717, 1.165) is 11.3 Å². The molecule has 2 atom stereocenters. The third-order valence-corrected chi connectivity index (χ3v) is 4.47. The van der Waals surface area contributed by atoms with E-state index in [4.69, 9.17) is 25.8 Å². The van der Waals surface area contributed by atoms with Crippen molar-refractivity contribution in [3.63, 3.8) is 0 Å². The zero-order valence-electron chi connectivity index (χ0n) is 16.6. The number of rotatable bonds is 10. The van der Waals surface area contributed by atoms with Gasteiger partial charge in [0, 0.05) is 23.9 Å². The molecule has 0 bridgehead atoms. The van der Waals surface area contributed by atoms with E-state index in [1.807, 2.05) is 37.3 Å². The van der Waals surface area contributed by atoms with Crippen LogP contribution in [0.5, 0.6) is 11.5 Å². The van der Waals surface area contributed by atoms with E-state index in [0.29, 0.717) is 29.7 Å². The molecule has 0 spiro atoms. The number of halogens is 1. The number of hydrogen-bond donors (Lipinski definition) is 2. The highest BCUT2D eigenvalue weighted by Gasteiger charge is 2.17. The third-order valence-electron chi connectivity index (χ3n) is 4.21. The summed E-state index contributed by atoms with van der Waals surface area (Å²) in [6, 6.07) is 12.3. The Kier molecular flexibility index (Phi) is 8.42. The minimum absolute atomic E-state index is 0.111. The Hall–Kier alpha value is -2.44. The molecule has 2 rings (SSSR count). The van der Waals surface area contributed by atoms with E-state index < -0.39 is 6.04 Å². The molecule has 0 aliphatic rings. The van der Waals surface area contributed by atoms with Gasteiger partial charge in [0.15, 0.2) is 11.5 Å². The Morgan fingerprint density at radius 3 is 2.39 bits per heavy atom. The highest BCUT2D eigenvalue weighted by molar-refractivity contribution is 6.30. The molecule has 152 valence electrons. The van der Waals surface area contributed by atoms with Crippen LogP contribution in [0.1, 0.15) is 25.5 Å².